The molecule has 0 saturated carbocycles. The van der Waals surface area contributed by atoms with Crippen molar-refractivity contribution in [2.75, 3.05) is 25.5 Å². The van der Waals surface area contributed by atoms with Crippen LogP contribution in [0.15, 0.2) is 49.2 Å². The summed E-state index contributed by atoms with van der Waals surface area (Å²) in [5.41, 5.74) is 5.17. The van der Waals surface area contributed by atoms with E-state index in [1.165, 1.54) is 0 Å². The van der Waals surface area contributed by atoms with E-state index >= 15 is 0 Å². The van der Waals surface area contributed by atoms with Crippen molar-refractivity contribution >= 4 is 11.9 Å². The molecule has 1 amide bonds. The Morgan fingerprint density at radius 2 is 1.84 bits per heavy atom. The summed E-state index contributed by atoms with van der Waals surface area (Å²) in [4.78, 5) is 35.1. The molecular weight excluding hydrogens is 400 g/mol. The zero-order valence-electron chi connectivity index (χ0n) is 19.0. The van der Waals surface area contributed by atoms with Crippen molar-refractivity contribution in [2.24, 2.45) is 0 Å². The number of piperidine rings is 1. The first-order valence-electron chi connectivity index (χ1n) is 11.2. The van der Waals surface area contributed by atoms with Gasteiger partial charge in [-0.3, -0.25) is 14.8 Å². The zero-order valence-corrected chi connectivity index (χ0v) is 19.0. The molecule has 7 heteroatoms. The van der Waals surface area contributed by atoms with Crippen LogP contribution in [0, 0.1) is 6.92 Å². The Hall–Kier alpha value is -3.35. The normalized spacial score (nSPS) is 16.1. The SMILES string of the molecule is Cc1cnccc1-c1cnc(N(C)C)nc1[C@@H]1CCCCN1C(=O)CCc1ccncc1. The third-order valence-corrected chi connectivity index (χ3v) is 6.03. The molecule has 1 saturated heterocycles. The van der Waals surface area contributed by atoms with E-state index in [1.54, 1.807) is 18.6 Å². The summed E-state index contributed by atoms with van der Waals surface area (Å²) in [7, 11) is 3.88. The zero-order chi connectivity index (χ0) is 22.5. The lowest BCUT2D eigenvalue weighted by atomic mass is 9.92. The molecule has 1 aliphatic heterocycles. The molecule has 1 aliphatic rings. The molecule has 1 atom stereocenters. The highest BCUT2D eigenvalue weighted by Gasteiger charge is 2.31. The maximum absolute atomic E-state index is 13.3. The van der Waals surface area contributed by atoms with E-state index < -0.39 is 0 Å². The minimum Gasteiger partial charge on any atom is -0.347 e. The van der Waals surface area contributed by atoms with Gasteiger partial charge in [0, 0.05) is 63.6 Å². The number of carbonyl (C=O) groups excluding carboxylic acids is 1. The molecule has 0 radical (unpaired) electrons. The molecule has 7 nitrogen and oxygen atoms in total. The second-order valence-electron chi connectivity index (χ2n) is 8.51. The van der Waals surface area contributed by atoms with Gasteiger partial charge in [-0.25, -0.2) is 9.97 Å². The van der Waals surface area contributed by atoms with Crippen LogP contribution in [-0.2, 0) is 11.2 Å². The average Bonchev–Trinajstić information content (AvgIpc) is 2.83. The van der Waals surface area contributed by atoms with E-state index in [-0.39, 0.29) is 11.9 Å². The Kier molecular flexibility index (Phi) is 6.73. The average molecular weight is 431 g/mol. The molecule has 32 heavy (non-hydrogen) atoms. The van der Waals surface area contributed by atoms with Gasteiger partial charge in [-0.1, -0.05) is 0 Å². The lowest BCUT2D eigenvalue weighted by molar-refractivity contribution is -0.135. The number of rotatable bonds is 6. The van der Waals surface area contributed by atoms with Crippen LogP contribution in [-0.4, -0.2) is 51.4 Å². The van der Waals surface area contributed by atoms with Crippen molar-refractivity contribution in [3.05, 3.63) is 66.0 Å². The van der Waals surface area contributed by atoms with Gasteiger partial charge < -0.3 is 9.80 Å². The quantitative estimate of drug-likeness (QED) is 0.589. The highest BCUT2D eigenvalue weighted by atomic mass is 16.2. The van der Waals surface area contributed by atoms with Gasteiger partial charge in [0.2, 0.25) is 11.9 Å². The number of pyridine rings is 2. The minimum atomic E-state index is -0.0574. The van der Waals surface area contributed by atoms with E-state index in [9.17, 15) is 4.79 Å². The number of aryl methyl sites for hydroxylation is 2. The summed E-state index contributed by atoms with van der Waals surface area (Å²) in [6.45, 7) is 2.81. The smallest absolute Gasteiger partial charge is 0.225 e. The van der Waals surface area contributed by atoms with Crippen molar-refractivity contribution in [2.45, 2.75) is 45.1 Å². The van der Waals surface area contributed by atoms with E-state index in [0.717, 1.165) is 53.8 Å². The molecule has 3 aromatic heterocycles. The molecule has 3 aromatic rings. The molecule has 0 N–H and O–H groups in total. The van der Waals surface area contributed by atoms with Crippen LogP contribution in [0.3, 0.4) is 0 Å². The summed E-state index contributed by atoms with van der Waals surface area (Å²) >= 11 is 0. The van der Waals surface area contributed by atoms with Gasteiger partial charge in [0.1, 0.15) is 0 Å². The Labute approximate surface area is 189 Å². The molecule has 1 fully saturated rings. The van der Waals surface area contributed by atoms with Gasteiger partial charge in [0.05, 0.1) is 11.7 Å². The number of amides is 1. The van der Waals surface area contributed by atoms with Crippen LogP contribution in [0.5, 0.6) is 0 Å². The topological polar surface area (TPSA) is 75.1 Å². The van der Waals surface area contributed by atoms with Crippen LogP contribution in [0.25, 0.3) is 11.1 Å². The second kappa shape index (κ2) is 9.85. The van der Waals surface area contributed by atoms with E-state index in [2.05, 4.69) is 15.0 Å². The monoisotopic (exact) mass is 430 g/mol. The predicted molar refractivity (Wildman–Crippen MR) is 125 cm³/mol. The summed E-state index contributed by atoms with van der Waals surface area (Å²) in [6.07, 6.45) is 13.3. The first-order valence-corrected chi connectivity index (χ1v) is 11.2. The van der Waals surface area contributed by atoms with Crippen molar-refractivity contribution in [3.63, 3.8) is 0 Å². The summed E-state index contributed by atoms with van der Waals surface area (Å²) in [5.74, 6) is 0.833. The molecule has 4 heterocycles. The van der Waals surface area contributed by atoms with Crippen molar-refractivity contribution in [1.82, 2.24) is 24.8 Å². The van der Waals surface area contributed by atoms with Crippen LogP contribution in [0.1, 0.15) is 48.5 Å². The maximum atomic E-state index is 13.3. The van der Waals surface area contributed by atoms with Crippen LogP contribution < -0.4 is 4.90 Å². The Bertz CT molecular complexity index is 1070. The van der Waals surface area contributed by atoms with Gasteiger partial charge in [0.25, 0.3) is 0 Å². The van der Waals surface area contributed by atoms with Crippen LogP contribution in [0.2, 0.25) is 0 Å². The number of anilines is 1. The van der Waals surface area contributed by atoms with E-state index in [4.69, 9.17) is 4.98 Å². The number of hydrogen-bond donors (Lipinski definition) is 0. The number of nitrogens with zero attached hydrogens (tertiary/aromatic N) is 6. The van der Waals surface area contributed by atoms with Crippen molar-refractivity contribution in [1.29, 1.82) is 0 Å². The number of carbonyl (C=O) groups is 1. The summed E-state index contributed by atoms with van der Waals surface area (Å²) in [6, 6.07) is 5.89. The maximum Gasteiger partial charge on any atom is 0.225 e. The van der Waals surface area contributed by atoms with E-state index in [0.29, 0.717) is 18.8 Å². The molecule has 0 unspecified atom stereocenters. The third kappa shape index (κ3) is 4.77. The lowest BCUT2D eigenvalue weighted by Crippen LogP contribution is -2.39. The fourth-order valence-electron chi connectivity index (χ4n) is 4.30. The van der Waals surface area contributed by atoms with Crippen LogP contribution >= 0.6 is 0 Å². The van der Waals surface area contributed by atoms with E-state index in [1.807, 2.05) is 61.4 Å². The standard InChI is InChI=1S/C25H30N6O/c1-18-16-27-14-11-20(18)21-17-28-25(30(2)3)29-24(21)22-6-4-5-15-31(22)23(32)8-7-19-9-12-26-13-10-19/h9-14,16-17,22H,4-8,15H2,1-3H3/t22-/m0/s1. The minimum absolute atomic E-state index is 0.0574. The Morgan fingerprint density at radius 1 is 1.06 bits per heavy atom. The number of hydrogen-bond acceptors (Lipinski definition) is 6. The molecule has 0 aliphatic carbocycles. The summed E-state index contributed by atoms with van der Waals surface area (Å²) in [5, 5.41) is 0. The van der Waals surface area contributed by atoms with Gasteiger partial charge in [-0.15, -0.1) is 0 Å². The van der Waals surface area contributed by atoms with Gasteiger partial charge in [0.15, 0.2) is 0 Å². The van der Waals surface area contributed by atoms with Gasteiger partial charge >= 0.3 is 0 Å². The Balaban J connectivity index is 1.68. The fourth-order valence-corrected chi connectivity index (χ4v) is 4.30. The fraction of sp³-hybridized carbons (Fsp3) is 0.400. The molecule has 4 rings (SSSR count). The first kappa shape index (κ1) is 21.9. The van der Waals surface area contributed by atoms with Crippen LogP contribution in [0.4, 0.5) is 5.95 Å². The van der Waals surface area contributed by atoms with Crippen molar-refractivity contribution < 1.29 is 4.79 Å². The highest BCUT2D eigenvalue weighted by Crippen LogP contribution is 2.37. The number of aromatic nitrogens is 4. The molecule has 0 bridgehead atoms. The Morgan fingerprint density at radius 3 is 2.59 bits per heavy atom. The molecular formula is C25H30N6O. The van der Waals surface area contributed by atoms with Gasteiger partial charge in [-0.05, 0) is 67.5 Å². The summed E-state index contributed by atoms with van der Waals surface area (Å²) < 4.78 is 0. The second-order valence-corrected chi connectivity index (χ2v) is 8.51. The van der Waals surface area contributed by atoms with Gasteiger partial charge in [-0.2, -0.15) is 0 Å². The molecule has 0 spiro atoms. The molecule has 166 valence electrons. The highest BCUT2D eigenvalue weighted by molar-refractivity contribution is 5.78. The largest absolute Gasteiger partial charge is 0.347 e. The van der Waals surface area contributed by atoms with Crippen molar-refractivity contribution in [3.8, 4) is 11.1 Å². The first-order chi connectivity index (χ1) is 15.5. The third-order valence-electron chi connectivity index (χ3n) is 6.03. The lowest BCUT2D eigenvalue weighted by Gasteiger charge is -2.36. The predicted octanol–water partition coefficient (Wildman–Crippen LogP) is 3.99. The molecule has 0 aromatic carbocycles. The number of likely N-dealkylation sites (tertiary alicyclic amines) is 1.